The molecule has 0 heterocycles. The molecule has 0 aliphatic carbocycles. The molecule has 0 aliphatic heterocycles. The molecule has 2 aromatic carbocycles. The number of amides is 2. The Hall–Kier alpha value is -2.43. The lowest BCUT2D eigenvalue weighted by Gasteiger charge is -2.32. The van der Waals surface area contributed by atoms with Crippen molar-refractivity contribution in [2.24, 2.45) is 0 Å². The first-order chi connectivity index (χ1) is 16.2. The summed E-state index contributed by atoms with van der Waals surface area (Å²) in [7, 11) is -4.07. The average molecular weight is 550 g/mol. The van der Waals surface area contributed by atoms with Crippen molar-refractivity contribution in [2.45, 2.75) is 45.8 Å². The highest BCUT2D eigenvalue weighted by Gasteiger charge is 2.30. The van der Waals surface area contributed by atoms with Crippen molar-refractivity contribution in [3.63, 3.8) is 0 Å². The van der Waals surface area contributed by atoms with Gasteiger partial charge in [-0.25, -0.2) is 17.2 Å². The summed E-state index contributed by atoms with van der Waals surface area (Å²) in [6, 6.07) is 6.06. The largest absolute Gasteiger partial charge is 0.352 e. The van der Waals surface area contributed by atoms with Crippen LogP contribution < -0.4 is 9.62 Å². The zero-order valence-electron chi connectivity index (χ0n) is 19.7. The van der Waals surface area contributed by atoms with E-state index in [4.69, 9.17) is 23.2 Å². The van der Waals surface area contributed by atoms with Gasteiger partial charge in [-0.15, -0.1) is 0 Å². The summed E-state index contributed by atoms with van der Waals surface area (Å²) >= 11 is 12.1. The molecular formula is C23H27Cl2F2N3O4S. The van der Waals surface area contributed by atoms with E-state index in [1.807, 2.05) is 13.8 Å². The molecule has 192 valence electrons. The molecule has 0 bridgehead atoms. The lowest BCUT2D eigenvalue weighted by atomic mass is 10.1. The first-order valence-electron chi connectivity index (χ1n) is 10.7. The van der Waals surface area contributed by atoms with Crippen molar-refractivity contribution in [1.82, 2.24) is 10.2 Å². The van der Waals surface area contributed by atoms with Gasteiger partial charge in [0.05, 0.1) is 22.0 Å². The van der Waals surface area contributed by atoms with Crippen molar-refractivity contribution >= 4 is 50.7 Å². The molecule has 2 rings (SSSR count). The third-order valence-electron chi connectivity index (χ3n) is 5.38. The summed E-state index contributed by atoms with van der Waals surface area (Å²) in [4.78, 5) is 27.4. The van der Waals surface area contributed by atoms with Gasteiger partial charge in [0.25, 0.3) is 0 Å². The molecule has 0 saturated heterocycles. The van der Waals surface area contributed by atoms with E-state index in [0.717, 1.165) is 18.4 Å². The maximum Gasteiger partial charge on any atom is 0.244 e. The summed E-state index contributed by atoms with van der Waals surface area (Å²) < 4.78 is 52.7. The third-order valence-corrected chi connectivity index (χ3v) is 7.26. The molecule has 1 N–H and O–H groups in total. The summed E-state index contributed by atoms with van der Waals surface area (Å²) in [6.07, 6.45) is 1.50. The SMILES string of the molecule is CC[C@H](C)NC(=O)[C@@H](C)N(Cc1ccc(Cl)c(Cl)c1)C(=O)CN(c1ccc(F)c(F)c1)S(C)(=O)=O. The Morgan fingerprint density at radius 1 is 1.03 bits per heavy atom. The van der Waals surface area contributed by atoms with Gasteiger partial charge in [-0.05, 0) is 50.1 Å². The van der Waals surface area contributed by atoms with Gasteiger partial charge in [-0.2, -0.15) is 0 Å². The molecule has 12 heteroatoms. The number of nitrogens with zero attached hydrogens (tertiary/aromatic N) is 2. The van der Waals surface area contributed by atoms with E-state index in [1.54, 1.807) is 6.07 Å². The molecule has 0 aliphatic rings. The molecule has 2 aromatic rings. The highest BCUT2D eigenvalue weighted by molar-refractivity contribution is 7.92. The van der Waals surface area contributed by atoms with Crippen molar-refractivity contribution in [3.05, 3.63) is 63.6 Å². The van der Waals surface area contributed by atoms with Crippen molar-refractivity contribution in [1.29, 1.82) is 0 Å². The topological polar surface area (TPSA) is 86.8 Å². The number of halogens is 4. The summed E-state index contributed by atoms with van der Waals surface area (Å²) in [5, 5.41) is 3.34. The van der Waals surface area contributed by atoms with Crippen LogP contribution in [0.25, 0.3) is 0 Å². The van der Waals surface area contributed by atoms with Crippen molar-refractivity contribution in [2.75, 3.05) is 17.1 Å². The highest BCUT2D eigenvalue weighted by atomic mass is 35.5. The van der Waals surface area contributed by atoms with Crippen LogP contribution in [0.5, 0.6) is 0 Å². The minimum absolute atomic E-state index is 0.0831. The van der Waals surface area contributed by atoms with Crippen molar-refractivity contribution < 1.29 is 26.8 Å². The maximum atomic E-state index is 13.8. The van der Waals surface area contributed by atoms with Crippen LogP contribution in [-0.4, -0.2) is 50.0 Å². The summed E-state index contributed by atoms with van der Waals surface area (Å²) in [5.41, 5.74) is 0.320. The second-order valence-corrected chi connectivity index (χ2v) is 10.9. The van der Waals surface area contributed by atoms with Crippen LogP contribution in [-0.2, 0) is 26.2 Å². The zero-order chi connectivity index (χ0) is 26.5. The predicted octanol–water partition coefficient (Wildman–Crippen LogP) is 4.37. The molecule has 0 radical (unpaired) electrons. The first-order valence-corrected chi connectivity index (χ1v) is 13.3. The minimum Gasteiger partial charge on any atom is -0.352 e. The zero-order valence-corrected chi connectivity index (χ0v) is 22.0. The van der Waals surface area contributed by atoms with Crippen LogP contribution in [0.2, 0.25) is 10.0 Å². The molecule has 2 atom stereocenters. The highest BCUT2D eigenvalue weighted by Crippen LogP contribution is 2.25. The number of hydrogen-bond donors (Lipinski definition) is 1. The van der Waals surface area contributed by atoms with Gasteiger partial charge < -0.3 is 10.2 Å². The molecule has 0 saturated carbocycles. The Labute approximate surface area is 214 Å². The van der Waals surface area contributed by atoms with Crippen LogP contribution in [0.4, 0.5) is 14.5 Å². The number of rotatable bonds is 10. The average Bonchev–Trinajstić information content (AvgIpc) is 2.78. The van der Waals surface area contributed by atoms with Crippen molar-refractivity contribution in [3.8, 4) is 0 Å². The van der Waals surface area contributed by atoms with E-state index in [9.17, 15) is 26.8 Å². The number of anilines is 1. The quantitative estimate of drug-likeness (QED) is 0.476. The number of benzene rings is 2. The molecule has 7 nitrogen and oxygen atoms in total. The second kappa shape index (κ2) is 12.0. The lowest BCUT2D eigenvalue weighted by molar-refractivity contribution is -0.139. The van der Waals surface area contributed by atoms with Gasteiger partial charge in [-0.3, -0.25) is 13.9 Å². The molecule has 2 amide bonds. The Kier molecular flexibility index (Phi) is 9.88. The number of carbonyl (C=O) groups excluding carboxylic acids is 2. The number of carbonyl (C=O) groups is 2. The van der Waals surface area contributed by atoms with Gasteiger partial charge >= 0.3 is 0 Å². The minimum atomic E-state index is -4.07. The third kappa shape index (κ3) is 7.78. The normalized spacial score (nSPS) is 13.1. The van der Waals surface area contributed by atoms with Gasteiger partial charge in [0.1, 0.15) is 12.6 Å². The molecule has 0 unspecified atom stereocenters. The molecule has 35 heavy (non-hydrogen) atoms. The standard InChI is InChI=1S/C23H27Cl2F2N3O4S/c1-5-14(2)28-23(32)15(3)29(12-16-6-8-18(24)19(25)10-16)22(31)13-30(35(4,33)34)17-7-9-20(26)21(27)11-17/h6-11,14-15H,5,12-13H2,1-4H3,(H,28,32)/t14-,15+/m0/s1. The molecule has 0 spiro atoms. The Balaban J connectivity index is 2.43. The van der Waals surface area contributed by atoms with E-state index >= 15 is 0 Å². The summed E-state index contributed by atoms with van der Waals surface area (Å²) in [5.74, 6) is -3.60. The van der Waals surface area contributed by atoms with Crippen LogP contribution in [0.1, 0.15) is 32.8 Å². The Bertz CT molecular complexity index is 1200. The Morgan fingerprint density at radius 2 is 1.69 bits per heavy atom. The first kappa shape index (κ1) is 28.8. The number of sulfonamides is 1. The van der Waals surface area contributed by atoms with Gasteiger partial charge in [0, 0.05) is 18.7 Å². The fraction of sp³-hybridized carbons (Fsp3) is 0.391. The monoisotopic (exact) mass is 549 g/mol. The maximum absolute atomic E-state index is 13.8. The predicted molar refractivity (Wildman–Crippen MR) is 133 cm³/mol. The molecular weight excluding hydrogens is 523 g/mol. The van der Waals surface area contributed by atoms with Crippen LogP contribution in [0.15, 0.2) is 36.4 Å². The van der Waals surface area contributed by atoms with E-state index < -0.39 is 46.1 Å². The van der Waals surface area contributed by atoms with E-state index in [0.29, 0.717) is 27.4 Å². The lowest BCUT2D eigenvalue weighted by Crippen LogP contribution is -2.52. The number of hydrogen-bond acceptors (Lipinski definition) is 4. The van der Waals surface area contributed by atoms with Gasteiger partial charge in [0.15, 0.2) is 11.6 Å². The van der Waals surface area contributed by atoms with E-state index in [1.165, 1.54) is 24.0 Å². The van der Waals surface area contributed by atoms with Gasteiger partial charge in [-0.1, -0.05) is 36.2 Å². The van der Waals surface area contributed by atoms with E-state index in [-0.39, 0.29) is 23.3 Å². The molecule has 0 fully saturated rings. The van der Waals surface area contributed by atoms with Crippen LogP contribution >= 0.6 is 23.2 Å². The fourth-order valence-electron chi connectivity index (χ4n) is 3.14. The fourth-order valence-corrected chi connectivity index (χ4v) is 4.30. The number of nitrogens with one attached hydrogen (secondary N) is 1. The summed E-state index contributed by atoms with van der Waals surface area (Å²) in [6.45, 7) is 4.38. The van der Waals surface area contributed by atoms with E-state index in [2.05, 4.69) is 5.32 Å². The Morgan fingerprint density at radius 3 is 2.23 bits per heavy atom. The second-order valence-electron chi connectivity index (χ2n) is 8.13. The van der Waals surface area contributed by atoms with Crippen LogP contribution in [0.3, 0.4) is 0 Å². The van der Waals surface area contributed by atoms with Gasteiger partial charge in [0.2, 0.25) is 21.8 Å². The molecule has 0 aromatic heterocycles. The smallest absolute Gasteiger partial charge is 0.244 e. The van der Waals surface area contributed by atoms with Crippen LogP contribution in [0, 0.1) is 11.6 Å².